The molecule has 0 bridgehead atoms. The summed E-state index contributed by atoms with van der Waals surface area (Å²) >= 11 is 0. The van der Waals surface area contributed by atoms with Crippen LogP contribution in [0.25, 0.3) is 0 Å². The van der Waals surface area contributed by atoms with E-state index in [1.165, 1.54) is 0 Å². The lowest BCUT2D eigenvalue weighted by atomic mass is 10.1. The number of hydrogen-bond donors (Lipinski definition) is 0. The van der Waals surface area contributed by atoms with Crippen molar-refractivity contribution >= 4 is 5.91 Å². The van der Waals surface area contributed by atoms with Gasteiger partial charge in [-0.1, -0.05) is 13.8 Å². The molecule has 1 amide bonds. The minimum Gasteiger partial charge on any atom is -0.383 e. The van der Waals surface area contributed by atoms with E-state index in [1.807, 2.05) is 27.0 Å². The van der Waals surface area contributed by atoms with Crippen LogP contribution in [0.2, 0.25) is 0 Å². The molecule has 0 aromatic carbocycles. The van der Waals surface area contributed by atoms with Gasteiger partial charge in [0.2, 0.25) is 0 Å². The summed E-state index contributed by atoms with van der Waals surface area (Å²) in [6.45, 7) is 9.32. The van der Waals surface area contributed by atoms with Crippen molar-refractivity contribution in [2.24, 2.45) is 7.05 Å². The molecular formula is C14H25N3O2. The topological polar surface area (TPSA) is 47.4 Å². The Balaban J connectivity index is 2.94. The van der Waals surface area contributed by atoms with E-state index in [0.29, 0.717) is 24.8 Å². The normalized spacial score (nSPS) is 12.8. The van der Waals surface area contributed by atoms with Crippen LogP contribution in [0.4, 0.5) is 0 Å². The van der Waals surface area contributed by atoms with Gasteiger partial charge in [0.25, 0.3) is 5.91 Å². The number of aryl methyl sites for hydroxylation is 1. The van der Waals surface area contributed by atoms with E-state index in [4.69, 9.17) is 4.74 Å². The fourth-order valence-corrected chi connectivity index (χ4v) is 2.26. The first-order chi connectivity index (χ1) is 8.92. The van der Waals surface area contributed by atoms with Crippen LogP contribution in [-0.2, 0) is 11.8 Å². The van der Waals surface area contributed by atoms with E-state index in [-0.39, 0.29) is 11.9 Å². The molecule has 1 atom stereocenters. The number of carbonyl (C=O) groups excluding carboxylic acids is 1. The molecule has 5 heteroatoms. The van der Waals surface area contributed by atoms with E-state index in [9.17, 15) is 4.79 Å². The predicted molar refractivity (Wildman–Crippen MR) is 75.3 cm³/mol. The van der Waals surface area contributed by atoms with Crippen LogP contribution in [0.3, 0.4) is 0 Å². The van der Waals surface area contributed by atoms with Crippen LogP contribution in [0.1, 0.15) is 49.8 Å². The highest BCUT2D eigenvalue weighted by Crippen LogP contribution is 2.16. The molecule has 0 saturated heterocycles. The number of carbonyl (C=O) groups is 1. The smallest absolute Gasteiger partial charge is 0.274 e. The third-order valence-corrected chi connectivity index (χ3v) is 3.27. The maximum absolute atomic E-state index is 12.5. The van der Waals surface area contributed by atoms with E-state index >= 15 is 0 Å². The quantitative estimate of drug-likeness (QED) is 0.792. The zero-order valence-electron chi connectivity index (χ0n) is 12.8. The fraction of sp³-hybridized carbons (Fsp3) is 0.714. The zero-order chi connectivity index (χ0) is 14.6. The third-order valence-electron chi connectivity index (χ3n) is 3.27. The van der Waals surface area contributed by atoms with Gasteiger partial charge in [-0.05, 0) is 25.8 Å². The van der Waals surface area contributed by atoms with Gasteiger partial charge in [-0.15, -0.1) is 0 Å². The lowest BCUT2D eigenvalue weighted by Gasteiger charge is -2.26. The molecule has 19 heavy (non-hydrogen) atoms. The molecule has 1 aromatic heterocycles. The van der Waals surface area contributed by atoms with Crippen LogP contribution in [-0.4, -0.2) is 46.9 Å². The van der Waals surface area contributed by atoms with Crippen molar-refractivity contribution in [3.05, 3.63) is 17.5 Å². The first-order valence-electron chi connectivity index (χ1n) is 6.76. The van der Waals surface area contributed by atoms with Gasteiger partial charge in [-0.2, -0.15) is 5.10 Å². The SMILES string of the molecule is CCN(C(=O)c1cc(C(C)C)n(C)n1)[C@H](C)COC. The number of amides is 1. The standard InChI is InChI=1S/C14H25N3O2/c1-7-17(11(4)9-19-6)14(18)12-8-13(10(2)3)16(5)15-12/h8,10-11H,7,9H2,1-6H3/t11-/m1/s1. The zero-order valence-corrected chi connectivity index (χ0v) is 12.8. The number of rotatable bonds is 6. The number of aromatic nitrogens is 2. The molecule has 0 saturated carbocycles. The lowest BCUT2D eigenvalue weighted by Crippen LogP contribution is -2.41. The van der Waals surface area contributed by atoms with Crippen LogP contribution in [0.15, 0.2) is 6.07 Å². The van der Waals surface area contributed by atoms with Gasteiger partial charge >= 0.3 is 0 Å². The van der Waals surface area contributed by atoms with Crippen molar-refractivity contribution < 1.29 is 9.53 Å². The van der Waals surface area contributed by atoms with Crippen molar-refractivity contribution in [1.29, 1.82) is 0 Å². The van der Waals surface area contributed by atoms with Crippen molar-refractivity contribution in [1.82, 2.24) is 14.7 Å². The first kappa shape index (κ1) is 15.7. The summed E-state index contributed by atoms with van der Waals surface area (Å²) in [5, 5.41) is 4.33. The summed E-state index contributed by atoms with van der Waals surface area (Å²) in [5.41, 5.74) is 1.58. The number of nitrogens with zero attached hydrogens (tertiary/aromatic N) is 3. The minimum absolute atomic E-state index is 0.0328. The van der Waals surface area contributed by atoms with E-state index < -0.39 is 0 Å². The Bertz CT molecular complexity index is 426. The van der Waals surface area contributed by atoms with Crippen LogP contribution in [0.5, 0.6) is 0 Å². The Hall–Kier alpha value is -1.36. The van der Waals surface area contributed by atoms with Crippen molar-refractivity contribution in [3.8, 4) is 0 Å². The molecule has 5 nitrogen and oxygen atoms in total. The second kappa shape index (κ2) is 6.70. The minimum atomic E-state index is -0.0328. The third kappa shape index (κ3) is 3.56. The summed E-state index contributed by atoms with van der Waals surface area (Å²) < 4.78 is 6.90. The number of hydrogen-bond acceptors (Lipinski definition) is 3. The van der Waals surface area contributed by atoms with E-state index in [0.717, 1.165) is 5.69 Å². The molecular weight excluding hydrogens is 242 g/mol. The largest absolute Gasteiger partial charge is 0.383 e. The highest BCUT2D eigenvalue weighted by atomic mass is 16.5. The Morgan fingerprint density at radius 3 is 2.53 bits per heavy atom. The molecule has 0 aliphatic carbocycles. The van der Waals surface area contributed by atoms with Gasteiger partial charge in [-0.3, -0.25) is 9.48 Å². The highest BCUT2D eigenvalue weighted by Gasteiger charge is 2.23. The molecule has 0 N–H and O–H groups in total. The summed E-state index contributed by atoms with van der Waals surface area (Å²) in [6, 6.07) is 1.93. The molecule has 0 radical (unpaired) electrons. The Labute approximate surface area is 115 Å². The molecule has 1 heterocycles. The average molecular weight is 267 g/mol. The summed E-state index contributed by atoms with van der Waals surface area (Å²) in [7, 11) is 3.52. The Morgan fingerprint density at radius 1 is 1.47 bits per heavy atom. The van der Waals surface area contributed by atoms with Gasteiger partial charge in [0.1, 0.15) is 0 Å². The Morgan fingerprint density at radius 2 is 2.11 bits per heavy atom. The van der Waals surface area contributed by atoms with Crippen LogP contribution >= 0.6 is 0 Å². The second-order valence-corrected chi connectivity index (χ2v) is 5.13. The number of ether oxygens (including phenoxy) is 1. The first-order valence-corrected chi connectivity index (χ1v) is 6.76. The van der Waals surface area contributed by atoms with Crippen LogP contribution < -0.4 is 0 Å². The average Bonchev–Trinajstić information content (AvgIpc) is 2.72. The monoisotopic (exact) mass is 267 g/mol. The maximum atomic E-state index is 12.5. The second-order valence-electron chi connectivity index (χ2n) is 5.13. The summed E-state index contributed by atoms with van der Waals surface area (Å²) in [6.07, 6.45) is 0. The van der Waals surface area contributed by atoms with Gasteiger partial charge in [0, 0.05) is 26.4 Å². The van der Waals surface area contributed by atoms with Crippen LogP contribution in [0, 0.1) is 0 Å². The molecule has 0 aliphatic rings. The number of methoxy groups -OCH3 is 1. The molecule has 108 valence electrons. The lowest BCUT2D eigenvalue weighted by molar-refractivity contribution is 0.0573. The fourth-order valence-electron chi connectivity index (χ4n) is 2.26. The van der Waals surface area contributed by atoms with E-state index in [2.05, 4.69) is 18.9 Å². The molecule has 0 spiro atoms. The maximum Gasteiger partial charge on any atom is 0.274 e. The van der Waals surface area contributed by atoms with Gasteiger partial charge in [0.05, 0.1) is 12.6 Å². The van der Waals surface area contributed by atoms with Crippen molar-refractivity contribution in [3.63, 3.8) is 0 Å². The predicted octanol–water partition coefficient (Wildman–Crippen LogP) is 2.04. The summed E-state index contributed by atoms with van der Waals surface area (Å²) in [5.74, 6) is 0.320. The molecule has 0 fully saturated rings. The van der Waals surface area contributed by atoms with Crippen molar-refractivity contribution in [2.45, 2.75) is 39.7 Å². The van der Waals surface area contributed by atoms with Gasteiger partial charge in [-0.25, -0.2) is 0 Å². The molecule has 1 rings (SSSR count). The van der Waals surface area contributed by atoms with Gasteiger partial charge in [0.15, 0.2) is 5.69 Å². The Kier molecular flexibility index (Phi) is 5.54. The molecule has 0 aliphatic heterocycles. The molecule has 1 aromatic rings. The summed E-state index contributed by atoms with van der Waals surface area (Å²) in [4.78, 5) is 14.3. The van der Waals surface area contributed by atoms with E-state index in [1.54, 1.807) is 16.7 Å². The highest BCUT2D eigenvalue weighted by molar-refractivity contribution is 5.92. The van der Waals surface area contributed by atoms with Gasteiger partial charge < -0.3 is 9.64 Å². The number of likely N-dealkylation sites (N-methyl/N-ethyl adjacent to an activating group) is 1. The molecule has 0 unspecified atom stereocenters. The van der Waals surface area contributed by atoms with Crippen molar-refractivity contribution in [2.75, 3.05) is 20.3 Å².